The normalized spacial score (nSPS) is 20.9. The highest BCUT2D eigenvalue weighted by Gasteiger charge is 2.43. The van der Waals surface area contributed by atoms with Crippen molar-refractivity contribution in [3.63, 3.8) is 0 Å². The number of aryl methyl sites for hydroxylation is 1. The van der Waals surface area contributed by atoms with Gasteiger partial charge in [-0.3, -0.25) is 14.4 Å². The van der Waals surface area contributed by atoms with E-state index < -0.39 is 0 Å². The summed E-state index contributed by atoms with van der Waals surface area (Å²) in [5.41, 5.74) is 2.18. The van der Waals surface area contributed by atoms with Gasteiger partial charge in [0.15, 0.2) is 0 Å². The van der Waals surface area contributed by atoms with Gasteiger partial charge in [-0.1, -0.05) is 29.8 Å². The minimum absolute atomic E-state index is 0.0132. The number of carbonyl (C=O) groups excluding carboxylic acids is 3. The van der Waals surface area contributed by atoms with Gasteiger partial charge in [0.2, 0.25) is 17.7 Å². The van der Waals surface area contributed by atoms with Crippen LogP contribution in [0, 0.1) is 12.8 Å². The van der Waals surface area contributed by atoms with Crippen molar-refractivity contribution in [2.75, 3.05) is 26.7 Å². The van der Waals surface area contributed by atoms with Crippen molar-refractivity contribution >= 4 is 17.7 Å². The highest BCUT2D eigenvalue weighted by Crippen LogP contribution is 2.25. The van der Waals surface area contributed by atoms with Gasteiger partial charge in [-0.05, 0) is 12.5 Å². The largest absolute Gasteiger partial charge is 0.359 e. The zero-order valence-electron chi connectivity index (χ0n) is 14.1. The number of nitrogens with zero attached hydrogens (tertiary/aromatic N) is 2. The maximum atomic E-state index is 12.3. The Hall–Kier alpha value is -2.37. The highest BCUT2D eigenvalue weighted by atomic mass is 16.2. The summed E-state index contributed by atoms with van der Waals surface area (Å²) in [6.07, 6.45) is 0.662. The molecule has 1 N–H and O–H groups in total. The van der Waals surface area contributed by atoms with E-state index in [2.05, 4.69) is 5.32 Å². The summed E-state index contributed by atoms with van der Waals surface area (Å²) < 4.78 is 0. The Morgan fingerprint density at radius 1 is 1.17 bits per heavy atom. The maximum Gasteiger partial charge on any atom is 0.227 e. The van der Waals surface area contributed by atoms with Crippen molar-refractivity contribution in [2.45, 2.75) is 25.8 Å². The third-order valence-electron chi connectivity index (χ3n) is 4.91. The predicted octanol–water partition coefficient (Wildman–Crippen LogP) is 0.343. The Balaban J connectivity index is 1.50. The van der Waals surface area contributed by atoms with Crippen LogP contribution in [0.5, 0.6) is 0 Å². The predicted molar refractivity (Wildman–Crippen MR) is 89.1 cm³/mol. The average Bonchev–Trinajstić information content (AvgIpc) is 2.89. The molecule has 1 aromatic rings. The number of rotatable bonds is 4. The van der Waals surface area contributed by atoms with E-state index in [1.165, 1.54) is 5.56 Å². The lowest BCUT2D eigenvalue weighted by atomic mass is 10.0. The van der Waals surface area contributed by atoms with Crippen LogP contribution in [0.2, 0.25) is 0 Å². The van der Waals surface area contributed by atoms with Gasteiger partial charge in [0, 0.05) is 33.1 Å². The van der Waals surface area contributed by atoms with Crippen LogP contribution in [0.4, 0.5) is 0 Å². The summed E-state index contributed by atoms with van der Waals surface area (Å²) >= 11 is 0. The quantitative estimate of drug-likeness (QED) is 0.866. The fraction of sp³-hybridized carbons (Fsp3) is 0.500. The van der Waals surface area contributed by atoms with Crippen molar-refractivity contribution in [2.24, 2.45) is 5.92 Å². The van der Waals surface area contributed by atoms with Gasteiger partial charge in [-0.25, -0.2) is 0 Å². The molecule has 1 aromatic carbocycles. The number of nitrogens with one attached hydrogen (secondary N) is 1. The first kappa shape index (κ1) is 16.5. The van der Waals surface area contributed by atoms with Gasteiger partial charge in [0.1, 0.15) is 0 Å². The first-order valence-electron chi connectivity index (χ1n) is 8.32. The van der Waals surface area contributed by atoms with Gasteiger partial charge in [-0.2, -0.15) is 0 Å². The molecule has 0 bridgehead atoms. The van der Waals surface area contributed by atoms with E-state index >= 15 is 0 Å². The monoisotopic (exact) mass is 329 g/mol. The molecule has 2 fully saturated rings. The Labute approximate surface area is 141 Å². The molecule has 0 spiro atoms. The Morgan fingerprint density at radius 3 is 2.46 bits per heavy atom. The molecule has 24 heavy (non-hydrogen) atoms. The van der Waals surface area contributed by atoms with Crippen LogP contribution in [0.1, 0.15) is 17.5 Å². The topological polar surface area (TPSA) is 69.7 Å². The maximum absolute atomic E-state index is 12.3. The van der Waals surface area contributed by atoms with E-state index in [4.69, 9.17) is 0 Å². The minimum atomic E-state index is -0.264. The molecule has 2 saturated heterocycles. The Morgan fingerprint density at radius 2 is 1.83 bits per heavy atom. The molecule has 0 aromatic heterocycles. The van der Waals surface area contributed by atoms with Crippen molar-refractivity contribution < 1.29 is 14.4 Å². The molecule has 2 heterocycles. The second-order valence-electron chi connectivity index (χ2n) is 6.68. The van der Waals surface area contributed by atoms with Gasteiger partial charge < -0.3 is 15.1 Å². The van der Waals surface area contributed by atoms with Crippen molar-refractivity contribution in [3.05, 3.63) is 35.4 Å². The van der Waals surface area contributed by atoms with E-state index in [-0.39, 0.29) is 36.1 Å². The van der Waals surface area contributed by atoms with Crippen LogP contribution in [-0.4, -0.2) is 60.2 Å². The molecule has 0 radical (unpaired) electrons. The van der Waals surface area contributed by atoms with Crippen molar-refractivity contribution in [3.8, 4) is 0 Å². The van der Waals surface area contributed by atoms with E-state index in [9.17, 15) is 14.4 Å². The van der Waals surface area contributed by atoms with Crippen molar-refractivity contribution in [1.29, 1.82) is 0 Å². The number of amides is 3. The summed E-state index contributed by atoms with van der Waals surface area (Å²) in [5, 5.41) is 2.60. The number of hydrogen-bond donors (Lipinski definition) is 1. The standard InChI is InChI=1S/C18H23N3O3/c1-12-3-5-13(6-4-12)7-16(22)20-10-15(11-20)21-9-14(8-17(21)23)18(24)19-2/h3-6,14-15H,7-11H2,1-2H3,(H,19,24). The molecular formula is C18H23N3O3. The summed E-state index contributed by atoms with van der Waals surface area (Å²) in [6, 6.07) is 8.01. The van der Waals surface area contributed by atoms with Crippen LogP contribution in [0.25, 0.3) is 0 Å². The molecule has 2 aliphatic rings. The first-order chi connectivity index (χ1) is 11.5. The third-order valence-corrected chi connectivity index (χ3v) is 4.91. The fourth-order valence-corrected chi connectivity index (χ4v) is 3.31. The lowest BCUT2D eigenvalue weighted by Gasteiger charge is -2.44. The molecule has 6 nitrogen and oxygen atoms in total. The Bertz CT molecular complexity index is 650. The summed E-state index contributed by atoms with van der Waals surface area (Å²) in [5.74, 6) is -0.249. The van der Waals surface area contributed by atoms with Crippen LogP contribution >= 0.6 is 0 Å². The van der Waals surface area contributed by atoms with Gasteiger partial charge in [0.25, 0.3) is 0 Å². The van der Waals surface area contributed by atoms with Gasteiger partial charge in [0.05, 0.1) is 18.4 Å². The fourth-order valence-electron chi connectivity index (χ4n) is 3.31. The van der Waals surface area contributed by atoms with Crippen LogP contribution in [-0.2, 0) is 20.8 Å². The smallest absolute Gasteiger partial charge is 0.227 e. The molecule has 0 aliphatic carbocycles. The van der Waals surface area contributed by atoms with E-state index in [0.29, 0.717) is 26.1 Å². The molecule has 3 amide bonds. The zero-order valence-corrected chi connectivity index (χ0v) is 14.1. The molecule has 0 saturated carbocycles. The lowest BCUT2D eigenvalue weighted by Crippen LogP contribution is -2.61. The third kappa shape index (κ3) is 3.27. The molecule has 128 valence electrons. The van der Waals surface area contributed by atoms with Gasteiger partial charge in [-0.15, -0.1) is 0 Å². The number of likely N-dealkylation sites (tertiary alicyclic amines) is 2. The van der Waals surface area contributed by atoms with Crippen LogP contribution in [0.3, 0.4) is 0 Å². The second kappa shape index (κ2) is 6.63. The minimum Gasteiger partial charge on any atom is -0.359 e. The SMILES string of the molecule is CNC(=O)C1CC(=O)N(C2CN(C(=O)Cc3ccc(C)cc3)C2)C1. The number of benzene rings is 1. The highest BCUT2D eigenvalue weighted by molar-refractivity contribution is 5.89. The van der Waals surface area contributed by atoms with Gasteiger partial charge >= 0.3 is 0 Å². The number of carbonyl (C=O) groups is 3. The molecule has 6 heteroatoms. The first-order valence-corrected chi connectivity index (χ1v) is 8.32. The second-order valence-corrected chi connectivity index (χ2v) is 6.68. The van der Waals surface area contributed by atoms with Crippen molar-refractivity contribution in [1.82, 2.24) is 15.1 Å². The summed E-state index contributed by atoms with van der Waals surface area (Å²) in [4.78, 5) is 39.6. The van der Waals surface area contributed by atoms with E-state index in [1.807, 2.05) is 31.2 Å². The molecule has 2 aliphatic heterocycles. The van der Waals surface area contributed by atoms with Crippen LogP contribution in [0.15, 0.2) is 24.3 Å². The molecular weight excluding hydrogens is 306 g/mol. The molecule has 1 unspecified atom stereocenters. The Kier molecular flexibility index (Phi) is 4.55. The zero-order chi connectivity index (χ0) is 17.3. The van der Waals surface area contributed by atoms with E-state index in [1.54, 1.807) is 16.8 Å². The summed E-state index contributed by atoms with van der Waals surface area (Å²) in [6.45, 7) is 3.61. The number of hydrogen-bond acceptors (Lipinski definition) is 3. The van der Waals surface area contributed by atoms with Crippen LogP contribution < -0.4 is 5.32 Å². The molecule has 1 atom stereocenters. The summed E-state index contributed by atoms with van der Waals surface area (Å²) in [7, 11) is 1.59. The average molecular weight is 329 g/mol. The molecule has 3 rings (SSSR count). The van der Waals surface area contributed by atoms with E-state index in [0.717, 1.165) is 5.56 Å². The lowest BCUT2D eigenvalue weighted by molar-refractivity contribution is -0.143.